The molecule has 1 aromatic heterocycles. The lowest BCUT2D eigenvalue weighted by Crippen LogP contribution is -2.38. The Morgan fingerprint density at radius 3 is 2.44 bits per heavy atom. The highest BCUT2D eigenvalue weighted by molar-refractivity contribution is 6.32. The smallest absolute Gasteiger partial charge is 0.228 e. The van der Waals surface area contributed by atoms with Crippen LogP contribution in [0, 0.1) is 5.92 Å². The zero-order valence-electron chi connectivity index (χ0n) is 13.3. The van der Waals surface area contributed by atoms with Gasteiger partial charge in [0.2, 0.25) is 11.2 Å². The molecule has 3 rings (SSSR count). The van der Waals surface area contributed by atoms with Crippen molar-refractivity contribution in [3.8, 4) is 0 Å². The number of nitrogens with one attached hydrogen (secondary N) is 1. The summed E-state index contributed by atoms with van der Waals surface area (Å²) in [5, 5.41) is 2.93. The minimum absolute atomic E-state index is 0.00334. The van der Waals surface area contributed by atoms with Gasteiger partial charge in [0.15, 0.2) is 0 Å². The Balaban J connectivity index is 1.57. The summed E-state index contributed by atoms with van der Waals surface area (Å²) < 4.78 is 0. The first kappa shape index (κ1) is 17.6. The summed E-state index contributed by atoms with van der Waals surface area (Å²) in [5.74, 6) is 0.113. The van der Waals surface area contributed by atoms with Crippen LogP contribution in [0.5, 0.6) is 0 Å². The van der Waals surface area contributed by atoms with Gasteiger partial charge < -0.3 is 10.2 Å². The zero-order valence-corrected chi connectivity index (χ0v) is 14.8. The quantitative estimate of drug-likeness (QED) is 0.500. The number of rotatable bonds is 4. The number of benzene rings is 1. The summed E-state index contributed by atoms with van der Waals surface area (Å²) in [6, 6.07) is 8.91. The maximum absolute atomic E-state index is 12.4. The highest BCUT2D eigenvalue weighted by Crippen LogP contribution is 2.25. The molecule has 0 bridgehead atoms. The number of carbonyl (C=O) groups is 2. The normalized spacial score (nSPS) is 15.0. The fraction of sp³-hybridized carbons (Fsp3) is 0.294. The van der Waals surface area contributed by atoms with E-state index >= 15 is 0 Å². The average Bonchev–Trinajstić information content (AvgIpc) is 2.61. The van der Waals surface area contributed by atoms with Gasteiger partial charge in [0.25, 0.3) is 0 Å². The van der Waals surface area contributed by atoms with Gasteiger partial charge in [-0.05, 0) is 48.7 Å². The highest BCUT2D eigenvalue weighted by Gasteiger charge is 2.25. The zero-order chi connectivity index (χ0) is 17.8. The molecule has 130 valence electrons. The van der Waals surface area contributed by atoms with Crippen LogP contribution in [0.2, 0.25) is 10.4 Å². The number of anilines is 2. The van der Waals surface area contributed by atoms with Crippen molar-refractivity contribution in [2.75, 3.05) is 23.3 Å². The molecule has 0 saturated carbocycles. The maximum Gasteiger partial charge on any atom is 0.228 e. The van der Waals surface area contributed by atoms with Gasteiger partial charge in [-0.1, -0.05) is 11.6 Å². The number of nitrogens with zero attached hydrogens (tertiary/aromatic N) is 3. The van der Waals surface area contributed by atoms with Gasteiger partial charge in [-0.25, -0.2) is 9.97 Å². The summed E-state index contributed by atoms with van der Waals surface area (Å²) in [6.45, 7) is 1.54. The summed E-state index contributed by atoms with van der Waals surface area (Å²) in [5.41, 5.74) is 1.71. The Morgan fingerprint density at radius 2 is 1.84 bits per heavy atom. The van der Waals surface area contributed by atoms with E-state index in [-0.39, 0.29) is 22.3 Å². The molecule has 1 saturated heterocycles. The second-order valence-electron chi connectivity index (χ2n) is 5.80. The Hall–Kier alpha value is -2.18. The van der Waals surface area contributed by atoms with E-state index in [2.05, 4.69) is 20.2 Å². The predicted molar refractivity (Wildman–Crippen MR) is 97.4 cm³/mol. The van der Waals surface area contributed by atoms with E-state index in [1.165, 1.54) is 6.07 Å². The SMILES string of the molecule is O=Cc1ccc(N2CCC(C(=O)Nc3cc(Cl)nc(Cl)n3)CC2)cc1. The Labute approximate surface area is 155 Å². The summed E-state index contributed by atoms with van der Waals surface area (Å²) in [6.07, 6.45) is 2.29. The van der Waals surface area contributed by atoms with Crippen LogP contribution in [-0.2, 0) is 4.79 Å². The number of hydrogen-bond donors (Lipinski definition) is 1. The molecule has 2 aromatic rings. The Kier molecular flexibility index (Phi) is 5.50. The molecule has 1 fully saturated rings. The molecule has 25 heavy (non-hydrogen) atoms. The van der Waals surface area contributed by atoms with Crippen molar-refractivity contribution in [1.29, 1.82) is 0 Å². The van der Waals surface area contributed by atoms with Gasteiger partial charge in [-0.2, -0.15) is 0 Å². The topological polar surface area (TPSA) is 75.2 Å². The number of aldehydes is 1. The molecule has 0 spiro atoms. The molecule has 6 nitrogen and oxygen atoms in total. The van der Waals surface area contributed by atoms with E-state index in [4.69, 9.17) is 23.2 Å². The molecular weight excluding hydrogens is 363 g/mol. The molecule has 0 atom stereocenters. The molecule has 1 N–H and O–H groups in total. The number of carbonyl (C=O) groups excluding carboxylic acids is 2. The van der Waals surface area contributed by atoms with Crippen molar-refractivity contribution in [2.24, 2.45) is 5.92 Å². The number of halogens is 2. The third-order valence-corrected chi connectivity index (χ3v) is 4.54. The summed E-state index contributed by atoms with van der Waals surface area (Å²) >= 11 is 11.6. The van der Waals surface area contributed by atoms with Crippen LogP contribution in [0.15, 0.2) is 30.3 Å². The fourth-order valence-corrected chi connectivity index (χ4v) is 3.25. The largest absolute Gasteiger partial charge is 0.371 e. The fourth-order valence-electron chi connectivity index (χ4n) is 2.85. The molecule has 1 aromatic carbocycles. The van der Waals surface area contributed by atoms with Crippen molar-refractivity contribution in [2.45, 2.75) is 12.8 Å². The highest BCUT2D eigenvalue weighted by atomic mass is 35.5. The first-order valence-electron chi connectivity index (χ1n) is 7.86. The van der Waals surface area contributed by atoms with Gasteiger partial charge in [0, 0.05) is 36.3 Å². The number of piperidine rings is 1. The van der Waals surface area contributed by atoms with Crippen molar-refractivity contribution < 1.29 is 9.59 Å². The van der Waals surface area contributed by atoms with E-state index in [9.17, 15) is 9.59 Å². The molecule has 1 aliphatic heterocycles. The third-order valence-electron chi connectivity index (χ3n) is 4.18. The minimum atomic E-state index is -0.0991. The van der Waals surface area contributed by atoms with Gasteiger partial charge in [0.05, 0.1) is 0 Å². The van der Waals surface area contributed by atoms with E-state index < -0.39 is 0 Å². The molecule has 0 aliphatic carbocycles. The van der Waals surface area contributed by atoms with E-state index in [0.29, 0.717) is 11.4 Å². The van der Waals surface area contributed by atoms with Crippen LogP contribution >= 0.6 is 23.2 Å². The van der Waals surface area contributed by atoms with Gasteiger partial charge in [0.1, 0.15) is 17.3 Å². The minimum Gasteiger partial charge on any atom is -0.371 e. The van der Waals surface area contributed by atoms with Crippen LogP contribution in [0.1, 0.15) is 23.2 Å². The molecule has 2 heterocycles. The van der Waals surface area contributed by atoms with Crippen molar-refractivity contribution in [3.63, 3.8) is 0 Å². The second kappa shape index (κ2) is 7.80. The number of hydrogen-bond acceptors (Lipinski definition) is 5. The monoisotopic (exact) mass is 378 g/mol. The average molecular weight is 379 g/mol. The van der Waals surface area contributed by atoms with Crippen molar-refractivity contribution in [1.82, 2.24) is 9.97 Å². The van der Waals surface area contributed by atoms with E-state index in [1.54, 1.807) is 12.1 Å². The number of aromatic nitrogens is 2. The Bertz CT molecular complexity index is 754. The maximum atomic E-state index is 12.4. The van der Waals surface area contributed by atoms with Gasteiger partial charge in [-0.3, -0.25) is 9.59 Å². The van der Waals surface area contributed by atoms with Crippen molar-refractivity contribution in [3.05, 3.63) is 46.3 Å². The standard InChI is InChI=1S/C17H16Cl2N4O2/c18-14-9-15(22-17(19)20-14)21-16(25)12-5-7-23(8-6-12)13-3-1-11(10-24)2-4-13/h1-4,9-10,12H,5-8H2,(H,20,21,22,25). The molecule has 1 amide bonds. The lowest BCUT2D eigenvalue weighted by Gasteiger charge is -2.33. The lowest BCUT2D eigenvalue weighted by molar-refractivity contribution is -0.120. The Morgan fingerprint density at radius 1 is 1.16 bits per heavy atom. The first-order chi connectivity index (χ1) is 12.0. The first-order valence-corrected chi connectivity index (χ1v) is 8.62. The van der Waals surface area contributed by atoms with Crippen LogP contribution in [0.25, 0.3) is 0 Å². The number of amides is 1. The molecule has 1 aliphatic rings. The summed E-state index contributed by atoms with van der Waals surface area (Å²) in [7, 11) is 0. The second-order valence-corrected chi connectivity index (χ2v) is 6.53. The van der Waals surface area contributed by atoms with Crippen LogP contribution in [0.3, 0.4) is 0 Å². The molecule has 0 radical (unpaired) electrons. The molecule has 8 heteroatoms. The van der Waals surface area contributed by atoms with Crippen molar-refractivity contribution >= 4 is 46.9 Å². The third kappa shape index (κ3) is 4.46. The molecule has 0 unspecified atom stereocenters. The lowest BCUT2D eigenvalue weighted by atomic mass is 9.95. The van der Waals surface area contributed by atoms with Crippen LogP contribution in [-0.4, -0.2) is 35.3 Å². The van der Waals surface area contributed by atoms with Crippen LogP contribution < -0.4 is 10.2 Å². The van der Waals surface area contributed by atoms with Crippen LogP contribution in [0.4, 0.5) is 11.5 Å². The van der Waals surface area contributed by atoms with Gasteiger partial charge in [-0.15, -0.1) is 0 Å². The predicted octanol–water partition coefficient (Wildman–Crippen LogP) is 3.45. The van der Waals surface area contributed by atoms with Gasteiger partial charge >= 0.3 is 0 Å². The van der Waals surface area contributed by atoms with E-state index in [0.717, 1.165) is 37.9 Å². The molecular formula is C17H16Cl2N4O2. The summed E-state index contributed by atoms with van der Waals surface area (Å²) in [4.78, 5) is 33.0. The van der Waals surface area contributed by atoms with E-state index in [1.807, 2.05) is 12.1 Å².